The number of rotatable bonds is 48. The topological polar surface area (TPSA) is 78.9 Å². The monoisotopic (exact) mass is 1010 g/mol. The Morgan fingerprint density at radius 1 is 0.406 bits per heavy atom. The van der Waals surface area contributed by atoms with Gasteiger partial charge in [0.05, 0.1) is 0 Å². The van der Waals surface area contributed by atoms with Gasteiger partial charge in [-0.1, -0.05) is 251 Å². The summed E-state index contributed by atoms with van der Waals surface area (Å²) in [5.41, 5.74) is 1.46. The van der Waals surface area contributed by atoms with E-state index in [1.165, 1.54) is 195 Å². The smallest absolute Gasteiger partial charge is 0.306 e. The first-order chi connectivity index (χ1) is 31.3. The number of carbonyl (C=O) groups excluding carboxylic acids is 3. The molecule has 0 amide bonds. The molecule has 0 aliphatic heterocycles. The Labute approximate surface area is 409 Å². The van der Waals surface area contributed by atoms with Crippen molar-refractivity contribution < 1.29 is 28.6 Å². The highest BCUT2D eigenvalue weighted by Crippen LogP contribution is 2.24. The van der Waals surface area contributed by atoms with Crippen LogP contribution in [0.5, 0.6) is 0 Å². The Balaban J connectivity index is 2.24. The van der Waals surface area contributed by atoms with Gasteiger partial charge in [0.1, 0.15) is 13.2 Å². The lowest BCUT2D eigenvalue weighted by atomic mass is 9.95. The maximum absolute atomic E-state index is 12.8. The van der Waals surface area contributed by atoms with Crippen molar-refractivity contribution in [2.24, 2.45) is 0 Å². The number of unbranched alkanes of at least 4 members (excludes halogenated alkanes) is 34. The van der Waals surface area contributed by atoms with E-state index >= 15 is 0 Å². The maximum atomic E-state index is 12.8. The molecule has 372 valence electrons. The molecule has 7 heteroatoms. The van der Waals surface area contributed by atoms with E-state index in [2.05, 4.69) is 67.6 Å². The van der Waals surface area contributed by atoms with Crippen LogP contribution in [0.4, 0.5) is 0 Å². The Kier molecular flexibility index (Phi) is 43.8. The maximum Gasteiger partial charge on any atom is 0.306 e. The van der Waals surface area contributed by atoms with Gasteiger partial charge < -0.3 is 14.2 Å². The summed E-state index contributed by atoms with van der Waals surface area (Å²) >= 11 is 2.37. The standard InChI is InChI=1S/C57H101IO6/c1-4-6-8-10-12-14-16-18-22-26-30-34-38-42-55(59)62-49-54(64-57(61)44-40-36-32-28-23-19-17-15-13-11-9-7-5-2)50-63-56(60)43-39-35-31-27-24-20-21-25-29-33-37-41-51(3)52-45-47-53(58)48-46-52/h45-48,51,54H,4-44,49-50H2,1-3H3. The van der Waals surface area contributed by atoms with Gasteiger partial charge in [0.2, 0.25) is 0 Å². The minimum atomic E-state index is -0.768. The SMILES string of the molecule is CCCCCCCCCCCCCCCC(=O)OCC(COC(=O)CCCCCCCCCCCCCC(C)c1ccc(I)cc1)OC(=O)CCCCCCCCCCCCCCC. The van der Waals surface area contributed by atoms with Crippen LogP contribution in [-0.2, 0) is 28.6 Å². The van der Waals surface area contributed by atoms with E-state index in [0.29, 0.717) is 25.2 Å². The lowest BCUT2D eigenvalue weighted by molar-refractivity contribution is -0.167. The minimum absolute atomic E-state index is 0.0675. The van der Waals surface area contributed by atoms with Crippen LogP contribution in [-0.4, -0.2) is 37.2 Å². The highest BCUT2D eigenvalue weighted by Gasteiger charge is 2.19. The molecule has 0 spiro atoms. The molecule has 0 N–H and O–H groups in total. The largest absolute Gasteiger partial charge is 0.462 e. The van der Waals surface area contributed by atoms with Gasteiger partial charge >= 0.3 is 17.9 Å². The van der Waals surface area contributed by atoms with Crippen LogP contribution < -0.4 is 0 Å². The molecule has 0 saturated heterocycles. The molecule has 2 atom stereocenters. The first kappa shape index (κ1) is 60.4. The summed E-state index contributed by atoms with van der Waals surface area (Å²) in [5.74, 6) is -0.210. The van der Waals surface area contributed by atoms with Crippen LogP contribution in [0.25, 0.3) is 0 Å². The van der Waals surface area contributed by atoms with E-state index in [1.54, 1.807) is 0 Å². The summed E-state index contributed by atoms with van der Waals surface area (Å²) in [5, 5.41) is 0. The number of benzene rings is 1. The Morgan fingerprint density at radius 3 is 1.02 bits per heavy atom. The Morgan fingerprint density at radius 2 is 0.688 bits per heavy atom. The van der Waals surface area contributed by atoms with Crippen molar-refractivity contribution in [2.75, 3.05) is 13.2 Å². The molecule has 0 radical (unpaired) electrons. The second-order valence-electron chi connectivity index (χ2n) is 19.3. The molecule has 0 heterocycles. The third kappa shape index (κ3) is 40.6. The van der Waals surface area contributed by atoms with Crippen molar-refractivity contribution in [1.29, 1.82) is 0 Å². The van der Waals surface area contributed by atoms with E-state index in [4.69, 9.17) is 14.2 Å². The summed E-state index contributed by atoms with van der Waals surface area (Å²) in [6, 6.07) is 8.98. The first-order valence-electron chi connectivity index (χ1n) is 27.6. The summed E-state index contributed by atoms with van der Waals surface area (Å²) in [6.45, 7) is 6.75. The average Bonchev–Trinajstić information content (AvgIpc) is 3.29. The molecule has 0 aliphatic rings. The van der Waals surface area contributed by atoms with Crippen molar-refractivity contribution in [1.82, 2.24) is 0 Å². The number of esters is 3. The fourth-order valence-electron chi connectivity index (χ4n) is 8.72. The zero-order chi connectivity index (χ0) is 46.4. The van der Waals surface area contributed by atoms with Gasteiger partial charge in [-0.3, -0.25) is 14.4 Å². The summed E-state index contributed by atoms with van der Waals surface area (Å²) in [6.07, 6.45) is 47.5. The molecule has 64 heavy (non-hydrogen) atoms. The normalized spacial score (nSPS) is 12.3. The molecule has 6 nitrogen and oxygen atoms in total. The second-order valence-corrected chi connectivity index (χ2v) is 20.6. The molecule has 1 rings (SSSR count). The molecular formula is C57H101IO6. The van der Waals surface area contributed by atoms with E-state index in [-0.39, 0.29) is 31.1 Å². The number of hydrogen-bond donors (Lipinski definition) is 0. The predicted octanol–water partition coefficient (Wildman–Crippen LogP) is 18.4. The van der Waals surface area contributed by atoms with Crippen LogP contribution >= 0.6 is 22.6 Å². The quantitative estimate of drug-likeness (QED) is 0.0280. The average molecular weight is 1010 g/mol. The predicted molar refractivity (Wildman–Crippen MR) is 280 cm³/mol. The molecule has 0 fully saturated rings. The zero-order valence-corrected chi connectivity index (χ0v) is 44.4. The van der Waals surface area contributed by atoms with Gasteiger partial charge in [-0.25, -0.2) is 0 Å². The molecule has 1 aromatic carbocycles. The molecule has 0 bridgehead atoms. The molecular weight excluding hydrogens is 908 g/mol. The van der Waals surface area contributed by atoms with Crippen LogP contribution in [0.1, 0.15) is 296 Å². The Bertz CT molecular complexity index is 1190. The van der Waals surface area contributed by atoms with Crippen molar-refractivity contribution in [3.8, 4) is 0 Å². The van der Waals surface area contributed by atoms with E-state index in [1.807, 2.05) is 0 Å². The van der Waals surface area contributed by atoms with Gasteiger partial charge in [0.15, 0.2) is 6.10 Å². The highest BCUT2D eigenvalue weighted by molar-refractivity contribution is 14.1. The fourth-order valence-corrected chi connectivity index (χ4v) is 9.08. The number of hydrogen-bond acceptors (Lipinski definition) is 6. The van der Waals surface area contributed by atoms with Crippen molar-refractivity contribution in [3.05, 3.63) is 33.4 Å². The first-order valence-corrected chi connectivity index (χ1v) is 28.7. The summed E-state index contributed by atoms with van der Waals surface area (Å²) in [4.78, 5) is 38.1. The third-order valence-electron chi connectivity index (χ3n) is 13.1. The van der Waals surface area contributed by atoms with Gasteiger partial charge in [0, 0.05) is 22.8 Å². The highest BCUT2D eigenvalue weighted by atomic mass is 127. The summed E-state index contributed by atoms with van der Waals surface area (Å²) in [7, 11) is 0. The molecule has 0 aromatic heterocycles. The van der Waals surface area contributed by atoms with E-state index in [0.717, 1.165) is 57.8 Å². The van der Waals surface area contributed by atoms with Crippen LogP contribution in [0.15, 0.2) is 24.3 Å². The number of carbonyl (C=O) groups is 3. The zero-order valence-electron chi connectivity index (χ0n) is 42.2. The fraction of sp³-hybridized carbons (Fsp3) is 0.842. The van der Waals surface area contributed by atoms with Gasteiger partial charge in [-0.2, -0.15) is 0 Å². The Hall–Kier alpha value is -1.64. The third-order valence-corrected chi connectivity index (χ3v) is 13.8. The molecule has 1 aromatic rings. The van der Waals surface area contributed by atoms with Crippen LogP contribution in [0.3, 0.4) is 0 Å². The van der Waals surface area contributed by atoms with Gasteiger partial charge in [0.25, 0.3) is 0 Å². The van der Waals surface area contributed by atoms with E-state index in [9.17, 15) is 14.4 Å². The lowest BCUT2D eigenvalue weighted by Crippen LogP contribution is -2.30. The van der Waals surface area contributed by atoms with Crippen molar-refractivity contribution >= 4 is 40.5 Å². The van der Waals surface area contributed by atoms with Crippen LogP contribution in [0, 0.1) is 3.57 Å². The van der Waals surface area contributed by atoms with Crippen molar-refractivity contribution in [3.63, 3.8) is 0 Å². The molecule has 2 unspecified atom stereocenters. The number of ether oxygens (including phenoxy) is 3. The summed E-state index contributed by atoms with van der Waals surface area (Å²) < 4.78 is 18.2. The number of halogens is 1. The molecule has 0 saturated carbocycles. The minimum Gasteiger partial charge on any atom is -0.462 e. The van der Waals surface area contributed by atoms with E-state index < -0.39 is 6.10 Å². The van der Waals surface area contributed by atoms with Gasteiger partial charge in [-0.05, 0) is 71.9 Å². The molecule has 0 aliphatic carbocycles. The van der Waals surface area contributed by atoms with Crippen LogP contribution in [0.2, 0.25) is 0 Å². The lowest BCUT2D eigenvalue weighted by Gasteiger charge is -2.18. The van der Waals surface area contributed by atoms with Crippen molar-refractivity contribution in [2.45, 2.75) is 296 Å². The van der Waals surface area contributed by atoms with Gasteiger partial charge in [-0.15, -0.1) is 0 Å². The second kappa shape index (κ2) is 46.5.